The second kappa shape index (κ2) is 5.44. The van der Waals surface area contributed by atoms with E-state index in [0.29, 0.717) is 5.82 Å². The molecule has 2 aromatic rings. The van der Waals surface area contributed by atoms with Gasteiger partial charge in [0.05, 0.1) is 0 Å². The van der Waals surface area contributed by atoms with E-state index in [9.17, 15) is 0 Å². The van der Waals surface area contributed by atoms with Crippen molar-refractivity contribution in [1.82, 2.24) is 20.3 Å². The third-order valence-electron chi connectivity index (χ3n) is 2.11. The first-order valence-corrected chi connectivity index (χ1v) is 5.95. The molecule has 0 fully saturated rings. The van der Waals surface area contributed by atoms with E-state index in [1.54, 1.807) is 0 Å². The summed E-state index contributed by atoms with van der Waals surface area (Å²) in [6, 6.07) is 9.63. The molecule has 1 aromatic carbocycles. The summed E-state index contributed by atoms with van der Waals surface area (Å²) in [5.41, 5.74) is 0.863. The van der Waals surface area contributed by atoms with Gasteiger partial charge in [0.2, 0.25) is 5.82 Å². The van der Waals surface area contributed by atoms with Crippen LogP contribution in [0.1, 0.15) is 20.8 Å². The highest BCUT2D eigenvalue weighted by Crippen LogP contribution is 2.11. The molecule has 0 aliphatic heterocycles. The molecule has 0 bridgehead atoms. The van der Waals surface area contributed by atoms with Gasteiger partial charge in [-0.2, -0.15) is 0 Å². The molecule has 0 saturated carbocycles. The smallest absolute Gasteiger partial charge is 0.130 e. The van der Waals surface area contributed by atoms with Gasteiger partial charge in [0, 0.05) is 11.0 Å². The molecular formula is C14H15N5. The maximum Gasteiger partial charge on any atom is 0.207 e. The minimum Gasteiger partial charge on any atom is -0.130 e. The number of hydrogen-bond acceptors (Lipinski definition) is 4. The fourth-order valence-corrected chi connectivity index (χ4v) is 1.29. The zero-order chi connectivity index (χ0) is 13.7. The highest BCUT2D eigenvalue weighted by molar-refractivity contribution is 5.78. The molecule has 0 atom stereocenters. The molecule has 1 heterocycles. The lowest BCUT2D eigenvalue weighted by molar-refractivity contribution is 0.571. The molecule has 0 saturated heterocycles. The fraction of sp³-hybridized carbons (Fsp3) is 0.286. The lowest BCUT2D eigenvalue weighted by atomic mass is 9.98. The van der Waals surface area contributed by atoms with Crippen LogP contribution in [0, 0.1) is 17.3 Å². The molecule has 5 nitrogen and oxygen atoms in total. The molecule has 0 amide bonds. The van der Waals surface area contributed by atoms with Crippen LogP contribution in [0.25, 0.3) is 11.4 Å². The van der Waals surface area contributed by atoms with E-state index in [4.69, 9.17) is 0 Å². The van der Waals surface area contributed by atoms with Crippen molar-refractivity contribution >= 4 is 6.21 Å². The summed E-state index contributed by atoms with van der Waals surface area (Å²) >= 11 is 0. The van der Waals surface area contributed by atoms with Gasteiger partial charge >= 0.3 is 0 Å². The van der Waals surface area contributed by atoms with Crippen LogP contribution in [0.4, 0.5) is 0 Å². The van der Waals surface area contributed by atoms with E-state index >= 15 is 0 Å². The summed E-state index contributed by atoms with van der Waals surface area (Å²) in [4.78, 5) is 1.17. The summed E-state index contributed by atoms with van der Waals surface area (Å²) in [5.74, 6) is 6.44. The molecule has 0 aliphatic carbocycles. The Hall–Kier alpha value is -2.48. The normalized spacial score (nSPS) is 11.3. The molecule has 96 valence electrons. The van der Waals surface area contributed by atoms with Gasteiger partial charge in [-0.25, -0.2) is 0 Å². The van der Waals surface area contributed by atoms with Crippen molar-refractivity contribution in [2.45, 2.75) is 20.8 Å². The van der Waals surface area contributed by atoms with Gasteiger partial charge in [-0.1, -0.05) is 42.2 Å². The third-order valence-corrected chi connectivity index (χ3v) is 2.11. The van der Waals surface area contributed by atoms with Crippen molar-refractivity contribution in [3.05, 3.63) is 30.3 Å². The number of hydrogen-bond donors (Lipinski definition) is 0. The Morgan fingerprint density at radius 1 is 1.21 bits per heavy atom. The van der Waals surface area contributed by atoms with E-state index in [-0.39, 0.29) is 5.41 Å². The lowest BCUT2D eigenvalue weighted by Gasteiger charge is -2.05. The molecular weight excluding hydrogens is 238 g/mol. The van der Waals surface area contributed by atoms with Crippen molar-refractivity contribution < 1.29 is 0 Å². The second-order valence-corrected chi connectivity index (χ2v) is 5.01. The van der Waals surface area contributed by atoms with Crippen LogP contribution in [-0.2, 0) is 0 Å². The molecule has 0 spiro atoms. The Kier molecular flexibility index (Phi) is 3.71. The lowest BCUT2D eigenvalue weighted by Crippen LogP contribution is -1.99. The molecule has 0 radical (unpaired) electrons. The fourth-order valence-electron chi connectivity index (χ4n) is 1.29. The molecule has 1 aromatic heterocycles. The molecule has 0 unspecified atom stereocenters. The Morgan fingerprint density at radius 2 is 1.95 bits per heavy atom. The van der Waals surface area contributed by atoms with Gasteiger partial charge in [-0.05, 0) is 30.9 Å². The summed E-state index contributed by atoms with van der Waals surface area (Å²) in [7, 11) is 0. The highest BCUT2D eigenvalue weighted by Gasteiger charge is 2.04. The van der Waals surface area contributed by atoms with Gasteiger partial charge in [0.1, 0.15) is 6.21 Å². The molecule has 19 heavy (non-hydrogen) atoms. The predicted molar refractivity (Wildman–Crippen MR) is 74.4 cm³/mol. The first kappa shape index (κ1) is 13.0. The molecule has 0 aliphatic rings. The summed E-state index contributed by atoms with van der Waals surface area (Å²) in [5, 5.41) is 15.9. The zero-order valence-corrected chi connectivity index (χ0v) is 11.2. The third kappa shape index (κ3) is 4.03. The molecule has 2 rings (SSSR count). The van der Waals surface area contributed by atoms with Crippen LogP contribution in [0.15, 0.2) is 35.4 Å². The number of nitrogens with zero attached hydrogens (tertiary/aromatic N) is 5. The van der Waals surface area contributed by atoms with Crippen molar-refractivity contribution in [3.63, 3.8) is 0 Å². The summed E-state index contributed by atoms with van der Waals surface area (Å²) in [6.07, 6.45) is 1.47. The van der Waals surface area contributed by atoms with E-state index in [1.807, 2.05) is 51.1 Å². The maximum absolute atomic E-state index is 4.14. The van der Waals surface area contributed by atoms with Gasteiger partial charge in [0.15, 0.2) is 0 Å². The standard InChI is InChI=1S/C14H15N5/c1-14(2,3)10-7-11-15-19-17-13(16-18-19)12-8-5-4-6-9-12/h4-6,8-9,11H,1-3H3. The molecule has 5 heteroatoms. The Labute approximate surface area is 112 Å². The average Bonchev–Trinajstić information content (AvgIpc) is 2.83. The minimum atomic E-state index is -0.0446. The summed E-state index contributed by atoms with van der Waals surface area (Å²) in [6.45, 7) is 6.11. The monoisotopic (exact) mass is 253 g/mol. The number of benzene rings is 1. The maximum atomic E-state index is 4.14. The SMILES string of the molecule is CC(C)(C)C#CC=Nn1nnc(-c2ccccc2)n1. The predicted octanol–water partition coefficient (Wildman–Crippen LogP) is 2.22. The van der Waals surface area contributed by atoms with Gasteiger partial charge in [-0.15, -0.1) is 15.3 Å². The minimum absolute atomic E-state index is 0.0446. The van der Waals surface area contributed by atoms with Crippen molar-refractivity contribution in [1.29, 1.82) is 0 Å². The van der Waals surface area contributed by atoms with Crippen molar-refractivity contribution in [2.75, 3.05) is 0 Å². The van der Waals surface area contributed by atoms with E-state index < -0.39 is 0 Å². The largest absolute Gasteiger partial charge is 0.207 e. The van der Waals surface area contributed by atoms with E-state index in [0.717, 1.165) is 5.56 Å². The number of rotatable bonds is 2. The van der Waals surface area contributed by atoms with E-state index in [1.165, 1.54) is 11.1 Å². The molecule has 0 N–H and O–H groups in total. The van der Waals surface area contributed by atoms with Crippen LogP contribution < -0.4 is 0 Å². The van der Waals surface area contributed by atoms with Crippen LogP contribution in [-0.4, -0.2) is 26.5 Å². The highest BCUT2D eigenvalue weighted by atomic mass is 15.7. The van der Waals surface area contributed by atoms with Crippen molar-refractivity contribution in [3.8, 4) is 23.2 Å². The topological polar surface area (TPSA) is 56.0 Å². The first-order valence-electron chi connectivity index (χ1n) is 5.95. The van der Waals surface area contributed by atoms with Gasteiger partial charge in [-0.3, -0.25) is 0 Å². The van der Waals surface area contributed by atoms with Gasteiger partial charge in [0.25, 0.3) is 0 Å². The van der Waals surface area contributed by atoms with Crippen LogP contribution in [0.2, 0.25) is 0 Å². The summed E-state index contributed by atoms with van der Waals surface area (Å²) < 4.78 is 0. The number of aromatic nitrogens is 4. The van der Waals surface area contributed by atoms with Gasteiger partial charge < -0.3 is 0 Å². The van der Waals surface area contributed by atoms with E-state index in [2.05, 4.69) is 32.4 Å². The number of tetrazole rings is 1. The zero-order valence-electron chi connectivity index (χ0n) is 11.2. The Bertz CT molecular complexity index is 623. The van der Waals surface area contributed by atoms with Crippen LogP contribution in [0.5, 0.6) is 0 Å². The second-order valence-electron chi connectivity index (χ2n) is 5.01. The average molecular weight is 253 g/mol. The Morgan fingerprint density at radius 3 is 2.63 bits per heavy atom. The Balaban J connectivity index is 2.10. The quantitative estimate of drug-likeness (QED) is 0.609. The van der Waals surface area contributed by atoms with Crippen molar-refractivity contribution in [2.24, 2.45) is 10.5 Å². The van der Waals surface area contributed by atoms with Crippen LogP contribution in [0.3, 0.4) is 0 Å². The van der Waals surface area contributed by atoms with Crippen LogP contribution >= 0.6 is 0 Å². The first-order chi connectivity index (χ1) is 9.04.